The van der Waals surface area contributed by atoms with Crippen molar-refractivity contribution in [3.05, 3.63) is 150 Å². The quantitative estimate of drug-likeness (QED) is 0.178. The Hall–Kier alpha value is -5.02. The normalized spacial score (nSPS) is 13.6. The van der Waals surface area contributed by atoms with Gasteiger partial charge in [-0.25, -0.2) is 0 Å². The van der Waals surface area contributed by atoms with Crippen molar-refractivity contribution in [3.8, 4) is 11.1 Å². The van der Waals surface area contributed by atoms with E-state index in [0.717, 1.165) is 0 Å². The Bertz CT molecular complexity index is 2220. The highest BCUT2D eigenvalue weighted by Crippen LogP contribution is 2.48. The maximum Gasteiger partial charge on any atom is 0.252 e. The van der Waals surface area contributed by atoms with E-state index in [9.17, 15) is 0 Å². The van der Waals surface area contributed by atoms with E-state index in [1.54, 1.807) is 0 Å². The zero-order valence-corrected chi connectivity index (χ0v) is 30.1. The van der Waals surface area contributed by atoms with E-state index >= 15 is 0 Å². The summed E-state index contributed by atoms with van der Waals surface area (Å²) in [7, 11) is 0. The summed E-state index contributed by atoms with van der Waals surface area (Å²) in [6.07, 6.45) is 0. The molecule has 8 rings (SSSR count). The Labute approximate surface area is 293 Å². The maximum atomic E-state index is 2.57. The van der Waals surface area contributed by atoms with Gasteiger partial charge in [0.25, 0.3) is 6.71 Å². The molecule has 0 atom stereocenters. The molecule has 6 aromatic carbocycles. The number of para-hydroxylation sites is 1. The molecule has 0 saturated heterocycles. The highest BCUT2D eigenvalue weighted by Gasteiger charge is 2.44. The van der Waals surface area contributed by atoms with Gasteiger partial charge in [0, 0.05) is 34.0 Å². The Morgan fingerprint density at radius 1 is 0.449 bits per heavy atom. The van der Waals surface area contributed by atoms with Gasteiger partial charge in [-0.15, -0.1) is 0 Å². The van der Waals surface area contributed by atoms with E-state index in [1.807, 2.05) is 0 Å². The van der Waals surface area contributed by atoms with Gasteiger partial charge in [-0.2, -0.15) is 0 Å². The van der Waals surface area contributed by atoms with Crippen LogP contribution in [0.15, 0.2) is 127 Å². The lowest BCUT2D eigenvalue weighted by Crippen LogP contribution is -2.61. The summed E-state index contributed by atoms with van der Waals surface area (Å²) < 4.78 is 0. The topological polar surface area (TPSA) is 6.48 Å². The van der Waals surface area contributed by atoms with Crippen molar-refractivity contribution in [2.24, 2.45) is 0 Å². The molecule has 242 valence electrons. The van der Waals surface area contributed by atoms with Crippen LogP contribution in [0.4, 0.5) is 34.1 Å². The Kier molecular flexibility index (Phi) is 7.19. The van der Waals surface area contributed by atoms with Crippen LogP contribution in [-0.4, -0.2) is 6.71 Å². The van der Waals surface area contributed by atoms with Crippen LogP contribution in [0.2, 0.25) is 0 Å². The second-order valence-corrected chi connectivity index (χ2v) is 16.1. The van der Waals surface area contributed by atoms with Gasteiger partial charge in [0.2, 0.25) is 0 Å². The molecule has 0 aromatic heterocycles. The molecule has 0 aliphatic carbocycles. The van der Waals surface area contributed by atoms with Crippen LogP contribution in [0, 0.1) is 13.8 Å². The molecule has 0 unspecified atom stereocenters. The van der Waals surface area contributed by atoms with Crippen molar-refractivity contribution in [2.45, 2.75) is 66.2 Å². The number of hydrogen-bond donors (Lipinski definition) is 0. The average molecular weight is 637 g/mol. The first-order chi connectivity index (χ1) is 23.4. The molecular formula is C46H45BN2. The fourth-order valence-corrected chi connectivity index (χ4v) is 7.79. The third kappa shape index (κ3) is 5.19. The third-order valence-corrected chi connectivity index (χ3v) is 10.5. The summed E-state index contributed by atoms with van der Waals surface area (Å²) in [5, 5.41) is 0. The molecular weight excluding hydrogens is 591 g/mol. The fraction of sp³-hybridized carbons (Fsp3) is 0.217. The lowest BCUT2D eigenvalue weighted by molar-refractivity contribution is 0.590. The van der Waals surface area contributed by atoms with Crippen LogP contribution < -0.4 is 26.2 Å². The SMILES string of the molecule is Cc1ccc(N2c3ccc(C)cc3B3c4cc(C(C)(C)C)ccc4N(c4ccccc4-c4ccccc4)c4cc(C(C)(C)C)cc2c43)cc1. The largest absolute Gasteiger partial charge is 0.311 e. The van der Waals surface area contributed by atoms with Crippen molar-refractivity contribution < 1.29 is 0 Å². The number of anilines is 6. The Balaban J connectivity index is 1.53. The molecule has 2 heterocycles. The number of fused-ring (bicyclic) bond motifs is 4. The van der Waals surface area contributed by atoms with Gasteiger partial charge in [0.1, 0.15) is 0 Å². The van der Waals surface area contributed by atoms with Gasteiger partial charge >= 0.3 is 0 Å². The maximum absolute atomic E-state index is 2.57. The minimum absolute atomic E-state index is 0.0129. The first kappa shape index (κ1) is 31.3. The van der Waals surface area contributed by atoms with Crippen molar-refractivity contribution in [1.82, 2.24) is 0 Å². The predicted octanol–water partition coefficient (Wildman–Crippen LogP) is 10.6. The predicted molar refractivity (Wildman–Crippen MR) is 213 cm³/mol. The van der Waals surface area contributed by atoms with Crippen LogP contribution in [0.25, 0.3) is 11.1 Å². The smallest absolute Gasteiger partial charge is 0.252 e. The Morgan fingerprint density at radius 3 is 1.71 bits per heavy atom. The first-order valence-corrected chi connectivity index (χ1v) is 17.6. The fourth-order valence-electron chi connectivity index (χ4n) is 7.79. The molecule has 0 fully saturated rings. The number of nitrogens with zero attached hydrogens (tertiary/aromatic N) is 2. The van der Waals surface area contributed by atoms with Crippen molar-refractivity contribution in [3.63, 3.8) is 0 Å². The lowest BCUT2D eigenvalue weighted by Gasteiger charge is -2.45. The molecule has 0 bridgehead atoms. The monoisotopic (exact) mass is 636 g/mol. The van der Waals surface area contributed by atoms with Gasteiger partial charge in [-0.05, 0) is 100 Å². The minimum atomic E-state index is -0.0610. The highest BCUT2D eigenvalue weighted by atomic mass is 15.2. The van der Waals surface area contributed by atoms with E-state index in [1.165, 1.54) is 83.9 Å². The molecule has 0 spiro atoms. The van der Waals surface area contributed by atoms with E-state index < -0.39 is 0 Å². The second kappa shape index (κ2) is 11.3. The summed E-state index contributed by atoms with van der Waals surface area (Å²) in [5.41, 5.74) is 19.1. The van der Waals surface area contributed by atoms with Gasteiger partial charge in [-0.1, -0.05) is 138 Å². The van der Waals surface area contributed by atoms with Crippen LogP contribution in [0.1, 0.15) is 63.8 Å². The third-order valence-electron chi connectivity index (χ3n) is 10.5. The standard InChI is InChI=1S/C46H45BN2/c1-30-18-22-35(23-19-30)48-40-24-20-31(2)26-37(40)47-38-27-33(45(3,4)5)21-25-41(38)49(43-29-34(46(6,7)8)28-42(48)44(43)47)39-17-13-12-16-36(39)32-14-10-9-11-15-32/h9-29H,1-8H3. The summed E-state index contributed by atoms with van der Waals surface area (Å²) in [4.78, 5) is 5.10. The van der Waals surface area contributed by atoms with Crippen LogP contribution in [-0.2, 0) is 10.8 Å². The van der Waals surface area contributed by atoms with Crippen molar-refractivity contribution in [1.29, 1.82) is 0 Å². The summed E-state index contributed by atoms with van der Waals surface area (Å²) >= 11 is 0. The van der Waals surface area contributed by atoms with E-state index in [2.05, 4.69) is 193 Å². The number of rotatable bonds is 3. The number of hydrogen-bond acceptors (Lipinski definition) is 2. The molecule has 0 amide bonds. The van der Waals surface area contributed by atoms with Crippen LogP contribution >= 0.6 is 0 Å². The molecule has 3 heteroatoms. The molecule has 2 aliphatic heterocycles. The molecule has 0 saturated carbocycles. The summed E-state index contributed by atoms with van der Waals surface area (Å²) in [6.45, 7) is 18.5. The van der Waals surface area contributed by atoms with E-state index in [4.69, 9.17) is 0 Å². The first-order valence-electron chi connectivity index (χ1n) is 17.6. The van der Waals surface area contributed by atoms with Crippen molar-refractivity contribution in [2.75, 3.05) is 9.80 Å². The summed E-state index contributed by atoms with van der Waals surface area (Å²) in [6, 6.07) is 48.1. The van der Waals surface area contributed by atoms with Crippen molar-refractivity contribution >= 4 is 57.2 Å². The Morgan fingerprint density at radius 2 is 1.02 bits per heavy atom. The van der Waals surface area contributed by atoms with E-state index in [0.29, 0.717) is 0 Å². The van der Waals surface area contributed by atoms with Gasteiger partial charge in [0.05, 0.1) is 5.69 Å². The molecule has 6 aromatic rings. The van der Waals surface area contributed by atoms with Gasteiger partial charge in [-0.3, -0.25) is 0 Å². The zero-order valence-electron chi connectivity index (χ0n) is 30.1. The molecule has 2 nitrogen and oxygen atoms in total. The highest BCUT2D eigenvalue weighted by molar-refractivity contribution is 7.00. The van der Waals surface area contributed by atoms with Crippen LogP contribution in [0.5, 0.6) is 0 Å². The zero-order chi connectivity index (χ0) is 34.2. The number of aryl methyl sites for hydroxylation is 2. The van der Waals surface area contributed by atoms with E-state index in [-0.39, 0.29) is 17.5 Å². The molecule has 0 N–H and O–H groups in total. The minimum Gasteiger partial charge on any atom is -0.311 e. The van der Waals surface area contributed by atoms with Crippen LogP contribution in [0.3, 0.4) is 0 Å². The van der Waals surface area contributed by atoms with Gasteiger partial charge < -0.3 is 9.80 Å². The van der Waals surface area contributed by atoms with Gasteiger partial charge in [0.15, 0.2) is 0 Å². The average Bonchev–Trinajstić information content (AvgIpc) is 3.08. The lowest BCUT2D eigenvalue weighted by atomic mass is 9.33. The second-order valence-electron chi connectivity index (χ2n) is 16.1. The number of benzene rings is 6. The molecule has 49 heavy (non-hydrogen) atoms. The summed E-state index contributed by atoms with van der Waals surface area (Å²) in [5.74, 6) is 0. The molecule has 0 radical (unpaired) electrons. The molecule has 2 aliphatic rings.